The fourth-order valence-corrected chi connectivity index (χ4v) is 1.46. The summed E-state index contributed by atoms with van der Waals surface area (Å²) in [5.41, 5.74) is 12.8. The zero-order valence-electron chi connectivity index (χ0n) is 8.41. The molecular formula is C10H13N3OS. The van der Waals surface area contributed by atoms with Gasteiger partial charge < -0.3 is 16.8 Å². The summed E-state index contributed by atoms with van der Waals surface area (Å²) >= 11 is 4.72. The number of anilines is 1. The van der Waals surface area contributed by atoms with Gasteiger partial charge in [0.05, 0.1) is 0 Å². The number of nitrogens with two attached hydrogens (primary N) is 2. The van der Waals surface area contributed by atoms with Gasteiger partial charge in [-0.1, -0.05) is 6.92 Å². The van der Waals surface area contributed by atoms with Gasteiger partial charge in [-0.2, -0.15) is 0 Å². The zero-order chi connectivity index (χ0) is 11.4. The van der Waals surface area contributed by atoms with Crippen molar-refractivity contribution in [1.82, 2.24) is 0 Å². The lowest BCUT2D eigenvalue weighted by Crippen LogP contribution is -2.19. The van der Waals surface area contributed by atoms with Crippen LogP contribution in [0.15, 0.2) is 18.2 Å². The molecule has 0 spiro atoms. The van der Waals surface area contributed by atoms with Crippen LogP contribution in [0.4, 0.5) is 5.69 Å². The van der Waals surface area contributed by atoms with E-state index in [-0.39, 0.29) is 5.11 Å². The smallest absolute Gasteiger partial charge is 0.248 e. The largest absolute Gasteiger partial charge is 0.376 e. The number of amides is 1. The Hall–Kier alpha value is -1.62. The van der Waals surface area contributed by atoms with Crippen LogP contribution in [0.3, 0.4) is 0 Å². The number of hydrogen-bond donors (Lipinski definition) is 3. The Morgan fingerprint density at radius 3 is 2.60 bits per heavy atom. The molecule has 0 aliphatic heterocycles. The highest BCUT2D eigenvalue weighted by molar-refractivity contribution is 7.80. The minimum Gasteiger partial charge on any atom is -0.376 e. The highest BCUT2D eigenvalue weighted by Crippen LogP contribution is 2.16. The van der Waals surface area contributed by atoms with E-state index in [4.69, 9.17) is 23.7 Å². The number of benzene rings is 1. The maximum absolute atomic E-state index is 11.1. The number of hydrogen-bond acceptors (Lipinski definition) is 2. The standard InChI is InChI=1S/C10H13N3OS/c1-2-6-5-7(13-10(12)15)3-4-8(6)9(11)14/h3-5H,2H2,1H3,(H2,11,14)(H3,12,13,15). The molecule has 0 radical (unpaired) electrons. The Morgan fingerprint density at radius 2 is 2.13 bits per heavy atom. The van der Waals surface area contributed by atoms with Crippen molar-refractivity contribution in [2.45, 2.75) is 13.3 Å². The zero-order valence-corrected chi connectivity index (χ0v) is 9.23. The third-order valence-corrected chi connectivity index (χ3v) is 2.12. The number of thiocarbonyl (C=S) groups is 1. The summed E-state index contributed by atoms with van der Waals surface area (Å²) in [5, 5.41) is 3.00. The molecule has 0 fully saturated rings. The average Bonchev–Trinajstić information content (AvgIpc) is 2.16. The van der Waals surface area contributed by atoms with Gasteiger partial charge in [0.15, 0.2) is 5.11 Å². The third-order valence-electron chi connectivity index (χ3n) is 2.02. The second kappa shape index (κ2) is 4.75. The Morgan fingerprint density at radius 1 is 1.47 bits per heavy atom. The fraction of sp³-hybridized carbons (Fsp3) is 0.200. The van der Waals surface area contributed by atoms with Crippen LogP contribution in [-0.4, -0.2) is 11.0 Å². The van der Waals surface area contributed by atoms with Crippen molar-refractivity contribution < 1.29 is 4.79 Å². The number of aryl methyl sites for hydroxylation is 1. The summed E-state index contributed by atoms with van der Waals surface area (Å²) in [6.07, 6.45) is 0.727. The first-order valence-corrected chi connectivity index (χ1v) is 4.94. The average molecular weight is 223 g/mol. The van der Waals surface area contributed by atoms with Gasteiger partial charge in [-0.25, -0.2) is 0 Å². The van der Waals surface area contributed by atoms with Gasteiger partial charge in [-0.15, -0.1) is 0 Å². The summed E-state index contributed by atoms with van der Waals surface area (Å²) in [4.78, 5) is 11.1. The molecule has 0 aliphatic carbocycles. The molecule has 1 amide bonds. The van der Waals surface area contributed by atoms with Gasteiger partial charge in [-0.05, 0) is 42.4 Å². The molecule has 5 N–H and O–H groups in total. The predicted octanol–water partition coefficient (Wildman–Crippen LogP) is 1.00. The second-order valence-electron chi connectivity index (χ2n) is 3.08. The normalized spacial score (nSPS) is 9.67. The molecule has 4 nitrogen and oxygen atoms in total. The van der Waals surface area contributed by atoms with Gasteiger partial charge in [0, 0.05) is 11.3 Å². The lowest BCUT2D eigenvalue weighted by molar-refractivity contribution is 0.0999. The Kier molecular flexibility index (Phi) is 3.62. The van der Waals surface area contributed by atoms with E-state index in [9.17, 15) is 4.79 Å². The lowest BCUT2D eigenvalue weighted by atomic mass is 10.0. The third kappa shape index (κ3) is 2.92. The first-order valence-electron chi connectivity index (χ1n) is 4.53. The molecule has 0 saturated carbocycles. The molecule has 0 bridgehead atoms. The van der Waals surface area contributed by atoms with Crippen LogP contribution < -0.4 is 16.8 Å². The van der Waals surface area contributed by atoms with Crippen LogP contribution in [0.2, 0.25) is 0 Å². The van der Waals surface area contributed by atoms with Crippen molar-refractivity contribution in [1.29, 1.82) is 0 Å². The van der Waals surface area contributed by atoms with Crippen molar-refractivity contribution in [3.05, 3.63) is 29.3 Å². The quantitative estimate of drug-likeness (QED) is 0.668. The van der Waals surface area contributed by atoms with E-state index in [1.54, 1.807) is 12.1 Å². The molecule has 80 valence electrons. The van der Waals surface area contributed by atoms with E-state index in [1.165, 1.54) is 0 Å². The van der Waals surface area contributed by atoms with E-state index in [2.05, 4.69) is 5.32 Å². The van der Waals surface area contributed by atoms with Crippen molar-refractivity contribution in [3.63, 3.8) is 0 Å². The topological polar surface area (TPSA) is 81.1 Å². The van der Waals surface area contributed by atoms with Gasteiger partial charge in [0.2, 0.25) is 5.91 Å². The van der Waals surface area contributed by atoms with Crippen LogP contribution in [0.25, 0.3) is 0 Å². The molecule has 0 heterocycles. The fourth-order valence-electron chi connectivity index (χ4n) is 1.35. The van der Waals surface area contributed by atoms with E-state index in [1.807, 2.05) is 13.0 Å². The molecule has 0 atom stereocenters. The molecule has 1 rings (SSSR count). The highest BCUT2D eigenvalue weighted by Gasteiger charge is 2.07. The monoisotopic (exact) mass is 223 g/mol. The van der Waals surface area contributed by atoms with E-state index < -0.39 is 5.91 Å². The number of nitrogens with one attached hydrogen (secondary N) is 1. The van der Waals surface area contributed by atoms with Crippen LogP contribution in [0.5, 0.6) is 0 Å². The van der Waals surface area contributed by atoms with Gasteiger partial charge in [0.1, 0.15) is 0 Å². The lowest BCUT2D eigenvalue weighted by Gasteiger charge is -2.08. The summed E-state index contributed by atoms with van der Waals surface area (Å²) in [7, 11) is 0. The maximum Gasteiger partial charge on any atom is 0.248 e. The Balaban J connectivity index is 3.07. The van der Waals surface area contributed by atoms with E-state index >= 15 is 0 Å². The second-order valence-corrected chi connectivity index (χ2v) is 3.52. The first-order chi connectivity index (χ1) is 7.04. The van der Waals surface area contributed by atoms with Crippen LogP contribution in [0.1, 0.15) is 22.8 Å². The van der Waals surface area contributed by atoms with Crippen molar-refractivity contribution in [2.75, 3.05) is 5.32 Å². The van der Waals surface area contributed by atoms with Crippen LogP contribution in [-0.2, 0) is 6.42 Å². The van der Waals surface area contributed by atoms with E-state index in [0.717, 1.165) is 17.7 Å². The molecular weight excluding hydrogens is 210 g/mol. The Bertz CT molecular complexity index is 404. The van der Waals surface area contributed by atoms with Gasteiger partial charge in [0.25, 0.3) is 0 Å². The molecule has 5 heteroatoms. The number of rotatable bonds is 3. The number of carbonyl (C=O) groups is 1. The van der Waals surface area contributed by atoms with Gasteiger partial charge >= 0.3 is 0 Å². The minimum atomic E-state index is -0.422. The van der Waals surface area contributed by atoms with Crippen molar-refractivity contribution in [2.24, 2.45) is 11.5 Å². The molecule has 0 unspecified atom stereocenters. The first kappa shape index (κ1) is 11.5. The molecule has 1 aromatic carbocycles. The van der Waals surface area contributed by atoms with Crippen molar-refractivity contribution in [3.8, 4) is 0 Å². The van der Waals surface area contributed by atoms with E-state index in [0.29, 0.717) is 5.56 Å². The maximum atomic E-state index is 11.1. The number of primary amides is 1. The number of carbonyl (C=O) groups excluding carboxylic acids is 1. The summed E-state index contributed by atoms with van der Waals surface area (Å²) in [5.74, 6) is -0.422. The summed E-state index contributed by atoms with van der Waals surface area (Å²) in [6.45, 7) is 1.95. The molecule has 0 saturated heterocycles. The predicted molar refractivity (Wildman–Crippen MR) is 64.7 cm³/mol. The van der Waals surface area contributed by atoms with Crippen LogP contribution in [0, 0.1) is 0 Å². The van der Waals surface area contributed by atoms with Crippen LogP contribution >= 0.6 is 12.2 Å². The highest BCUT2D eigenvalue weighted by atomic mass is 32.1. The summed E-state index contributed by atoms with van der Waals surface area (Å²) in [6, 6.07) is 5.21. The molecule has 15 heavy (non-hydrogen) atoms. The SMILES string of the molecule is CCc1cc(NC(N)=S)ccc1C(N)=O. The molecule has 1 aromatic rings. The van der Waals surface area contributed by atoms with Gasteiger partial charge in [-0.3, -0.25) is 4.79 Å². The summed E-state index contributed by atoms with van der Waals surface area (Å²) < 4.78 is 0. The minimum absolute atomic E-state index is 0.198. The molecule has 0 aliphatic rings. The molecule has 0 aromatic heterocycles. The Labute approximate surface area is 93.6 Å². The van der Waals surface area contributed by atoms with Crippen molar-refractivity contribution >= 4 is 28.9 Å².